The molecule has 0 aromatic heterocycles. The molecule has 6 rings (SSSR count). The fraction of sp³-hybridized carbons (Fsp3) is 0. The average molecular weight is 925 g/mol. The number of carboxylic acids is 4. The lowest BCUT2D eigenvalue weighted by Gasteiger charge is -2.15. The maximum atomic E-state index is 12.5. The zero-order valence-corrected chi connectivity index (χ0v) is 29.9. The lowest BCUT2D eigenvalue weighted by atomic mass is 10.1. The predicted molar refractivity (Wildman–Crippen MR) is 174 cm³/mol. The topological polar surface area (TPSA) is 256 Å². The lowest BCUT2D eigenvalue weighted by Crippen LogP contribution is -3.00. The number of amides is 2. The largest absolute Gasteiger partial charge is 1.00 e. The molecule has 2 aliphatic heterocycles. The molecule has 0 atom stereocenters. The third kappa shape index (κ3) is 8.57. The highest BCUT2D eigenvalue weighted by atomic mass is 127. The molecule has 0 spiro atoms. The number of anilines is 2. The van der Waals surface area contributed by atoms with Crippen LogP contribution in [0.25, 0.3) is 0 Å². The van der Waals surface area contributed by atoms with E-state index in [1.807, 2.05) is 0 Å². The Hall–Kier alpha value is -5.47. The number of rotatable bonds is 5. The molecule has 15 nitrogen and oxygen atoms in total. The van der Waals surface area contributed by atoms with Gasteiger partial charge in [-0.05, 0) is 72.8 Å². The van der Waals surface area contributed by atoms with Crippen LogP contribution in [0, 0.1) is 0 Å². The van der Waals surface area contributed by atoms with E-state index in [0.717, 1.165) is 33.6 Å². The first-order valence-electron chi connectivity index (χ1n) is 13.2. The molecule has 50 heavy (non-hydrogen) atoms. The van der Waals surface area contributed by atoms with E-state index in [-0.39, 0.29) is 68.7 Å². The van der Waals surface area contributed by atoms with Crippen LogP contribution in [0.3, 0.4) is 0 Å². The molecule has 0 saturated carbocycles. The number of cyclic esters (lactones) is 2. The van der Waals surface area contributed by atoms with Crippen LogP contribution in [0.5, 0.6) is 0 Å². The Morgan fingerprint density at radius 3 is 1.38 bits per heavy atom. The van der Waals surface area contributed by atoms with Gasteiger partial charge in [0.1, 0.15) is 0 Å². The minimum atomic E-state index is -1.36. The molecule has 2 heterocycles. The van der Waals surface area contributed by atoms with Crippen molar-refractivity contribution < 1.29 is 87.5 Å². The molecule has 0 unspecified atom stereocenters. The van der Waals surface area contributed by atoms with Gasteiger partial charge < -0.3 is 54.9 Å². The first-order chi connectivity index (χ1) is 23.0. The molecule has 256 valence electrons. The number of carbonyl (C=O) groups is 8. The molecule has 2 aliphatic rings. The molecule has 4 aromatic carbocycles. The van der Waals surface area contributed by atoms with E-state index in [0.29, 0.717) is 15.6 Å². The number of carbonyl (C=O) groups excluding carboxylic acids is 4. The molecule has 0 saturated heterocycles. The second-order valence-corrected chi connectivity index (χ2v) is 11.7. The first-order valence-corrected chi connectivity index (χ1v) is 14.8. The number of aromatic carboxylic acids is 4. The molecular formula is C32H18Br2IN2O13-. The number of hydrogen-bond acceptors (Lipinski definition) is 10. The number of nitrogen functional groups attached to an aromatic ring is 1. The zero-order valence-electron chi connectivity index (χ0n) is 24.5. The van der Waals surface area contributed by atoms with Gasteiger partial charge in [0, 0.05) is 14.6 Å². The van der Waals surface area contributed by atoms with Crippen molar-refractivity contribution in [2.45, 2.75) is 0 Å². The standard InChI is InChI=1S/C16H8BrNO6.C8H3BrO3.C8H7NO4.HI/c17-9-1-2-11-12(6-9)14(20)18(13(11)19)10-4-7(15(21)22)3-8(5-10)16(23)24;9-4-1-2-5-6(3-4)8(11)12-7(5)10;9-6-2-4(7(10)11)1-5(3-6)8(12)13;/h1-6H,(H,21,22)(H,23,24);1-3H;1-3H,9H2,(H,10,11)(H,12,13);1H/p-1. The van der Waals surface area contributed by atoms with Gasteiger partial charge in [0.15, 0.2) is 0 Å². The highest BCUT2D eigenvalue weighted by Crippen LogP contribution is 2.31. The fourth-order valence-corrected chi connectivity index (χ4v) is 5.11. The summed E-state index contributed by atoms with van der Waals surface area (Å²) >= 11 is 6.41. The average Bonchev–Trinajstić information content (AvgIpc) is 3.46. The Labute approximate surface area is 313 Å². The second kappa shape index (κ2) is 15.8. The normalized spacial score (nSPS) is 12.2. The number of ether oxygens (including phenoxy) is 1. The number of hydrogen-bond donors (Lipinski definition) is 5. The van der Waals surface area contributed by atoms with Gasteiger partial charge in [-0.15, -0.1) is 0 Å². The molecule has 0 bridgehead atoms. The Morgan fingerprint density at radius 1 is 0.540 bits per heavy atom. The van der Waals surface area contributed by atoms with Crippen molar-refractivity contribution in [2.75, 3.05) is 10.6 Å². The van der Waals surface area contributed by atoms with Crippen molar-refractivity contribution in [3.63, 3.8) is 0 Å². The van der Waals surface area contributed by atoms with Crippen LogP contribution in [0.4, 0.5) is 11.4 Å². The van der Waals surface area contributed by atoms with Crippen LogP contribution < -0.4 is 34.6 Å². The van der Waals surface area contributed by atoms with E-state index in [9.17, 15) is 38.4 Å². The van der Waals surface area contributed by atoms with Gasteiger partial charge in [0.05, 0.1) is 50.2 Å². The summed E-state index contributed by atoms with van der Waals surface area (Å²) in [7, 11) is 0. The maximum absolute atomic E-state index is 12.5. The molecule has 0 aliphatic carbocycles. The van der Waals surface area contributed by atoms with Crippen molar-refractivity contribution in [1.29, 1.82) is 0 Å². The zero-order chi connectivity index (χ0) is 36.3. The fourth-order valence-electron chi connectivity index (χ4n) is 4.39. The third-order valence-electron chi connectivity index (χ3n) is 6.57. The van der Waals surface area contributed by atoms with Gasteiger partial charge in [0.2, 0.25) is 0 Å². The minimum Gasteiger partial charge on any atom is -1.00 e. The van der Waals surface area contributed by atoms with Crippen molar-refractivity contribution >= 4 is 90.9 Å². The number of halogens is 3. The summed E-state index contributed by atoms with van der Waals surface area (Å²) < 4.78 is 5.75. The summed E-state index contributed by atoms with van der Waals surface area (Å²) in [6, 6.07) is 16.0. The highest BCUT2D eigenvalue weighted by Gasteiger charge is 2.37. The van der Waals surface area contributed by atoms with Crippen LogP contribution in [0.2, 0.25) is 0 Å². The number of imide groups is 1. The summed E-state index contributed by atoms with van der Waals surface area (Å²) in [4.78, 5) is 91.0. The van der Waals surface area contributed by atoms with Gasteiger partial charge in [-0.2, -0.15) is 0 Å². The number of benzene rings is 4. The first kappa shape index (κ1) is 39.0. The van der Waals surface area contributed by atoms with Crippen LogP contribution in [0.15, 0.2) is 81.7 Å². The Bertz CT molecular complexity index is 2090. The molecule has 6 N–H and O–H groups in total. The number of carboxylic acid groups (broad SMARTS) is 4. The van der Waals surface area contributed by atoms with Crippen LogP contribution in [-0.4, -0.2) is 68.1 Å². The van der Waals surface area contributed by atoms with Gasteiger partial charge in [-0.25, -0.2) is 33.7 Å². The Morgan fingerprint density at radius 2 is 0.920 bits per heavy atom. The second-order valence-electron chi connectivity index (χ2n) is 9.84. The van der Waals surface area contributed by atoms with Crippen LogP contribution in [0.1, 0.15) is 82.9 Å². The number of esters is 2. The van der Waals surface area contributed by atoms with E-state index >= 15 is 0 Å². The lowest BCUT2D eigenvalue weighted by molar-refractivity contribution is -0.000117. The predicted octanol–water partition coefficient (Wildman–Crippen LogP) is 2.08. The smallest absolute Gasteiger partial charge is 0.346 e. The van der Waals surface area contributed by atoms with E-state index in [4.69, 9.17) is 26.2 Å². The van der Waals surface area contributed by atoms with E-state index in [1.165, 1.54) is 24.3 Å². The summed E-state index contributed by atoms with van der Waals surface area (Å²) in [5.74, 6) is -7.54. The van der Waals surface area contributed by atoms with Crippen molar-refractivity contribution in [2.24, 2.45) is 0 Å². The Kier molecular flexibility index (Phi) is 12.3. The summed E-state index contributed by atoms with van der Waals surface area (Å²) in [6.07, 6.45) is 0. The number of nitrogens with two attached hydrogens (primary N) is 1. The van der Waals surface area contributed by atoms with Crippen molar-refractivity contribution in [1.82, 2.24) is 0 Å². The summed E-state index contributed by atoms with van der Waals surface area (Å²) in [5.41, 5.74) is 5.40. The number of fused-ring (bicyclic) bond motifs is 2. The molecule has 18 heteroatoms. The molecule has 4 aromatic rings. The van der Waals surface area contributed by atoms with E-state index < -0.39 is 47.6 Å². The van der Waals surface area contributed by atoms with Gasteiger partial charge in [-0.1, -0.05) is 31.9 Å². The van der Waals surface area contributed by atoms with E-state index in [2.05, 4.69) is 36.6 Å². The molecular weight excluding hydrogens is 907 g/mol. The molecule has 2 amide bonds. The monoisotopic (exact) mass is 923 g/mol. The summed E-state index contributed by atoms with van der Waals surface area (Å²) in [6.45, 7) is 0. The highest BCUT2D eigenvalue weighted by molar-refractivity contribution is 9.10. The SMILES string of the molecule is Nc1cc(C(=O)O)cc(C(=O)O)c1.O=C(O)c1cc(C(=O)O)cc(N2C(=O)c3ccc(Br)cc3C2=O)c1.O=C1OC(=O)c2cc(Br)ccc21.[I-]. The van der Waals surface area contributed by atoms with Crippen molar-refractivity contribution in [3.8, 4) is 0 Å². The quantitative estimate of drug-likeness (QED) is 0.0632. The van der Waals surface area contributed by atoms with Crippen LogP contribution in [-0.2, 0) is 4.74 Å². The van der Waals surface area contributed by atoms with Gasteiger partial charge in [0.25, 0.3) is 11.8 Å². The molecule has 0 fully saturated rings. The molecule has 0 radical (unpaired) electrons. The number of nitrogens with zero attached hydrogens (tertiary/aromatic N) is 1. The Balaban J connectivity index is 0.000000220. The maximum Gasteiger partial charge on any atom is 0.346 e. The van der Waals surface area contributed by atoms with Crippen molar-refractivity contribution in [3.05, 3.63) is 126 Å². The van der Waals surface area contributed by atoms with Gasteiger partial charge >= 0.3 is 35.8 Å². The van der Waals surface area contributed by atoms with Crippen LogP contribution >= 0.6 is 31.9 Å². The minimum absolute atomic E-state index is 0. The summed E-state index contributed by atoms with van der Waals surface area (Å²) in [5, 5.41) is 35.4. The van der Waals surface area contributed by atoms with E-state index in [1.54, 1.807) is 24.3 Å². The third-order valence-corrected chi connectivity index (χ3v) is 7.56. The van der Waals surface area contributed by atoms with Gasteiger partial charge in [-0.3, -0.25) is 9.59 Å².